The number of nitrogens with one attached hydrogen (secondary N) is 1. The van der Waals surface area contributed by atoms with Crippen LogP contribution < -0.4 is 5.32 Å². The summed E-state index contributed by atoms with van der Waals surface area (Å²) >= 11 is 0. The maximum absolute atomic E-state index is 12.3. The van der Waals surface area contributed by atoms with Gasteiger partial charge in [-0.1, -0.05) is 13.8 Å². The number of carbonyl (C=O) groups excluding carboxylic acids is 1. The number of piperazine rings is 1. The standard InChI is InChI=1S/C14H29N3O.ClH/c1-5-7-17(8-6-2)14(18)11-16-9-12(3)15-13(4)10-16;/h12-13,15H,5-11H2,1-4H3;1H. The molecule has 19 heavy (non-hydrogen) atoms. The largest absolute Gasteiger partial charge is 0.342 e. The number of halogens is 1. The van der Waals surface area contributed by atoms with Crippen LogP contribution in [0.4, 0.5) is 0 Å². The van der Waals surface area contributed by atoms with Gasteiger partial charge in [-0.25, -0.2) is 0 Å². The van der Waals surface area contributed by atoms with Gasteiger partial charge in [0.25, 0.3) is 0 Å². The molecule has 1 fully saturated rings. The van der Waals surface area contributed by atoms with Crippen molar-refractivity contribution in [2.45, 2.75) is 52.6 Å². The SMILES string of the molecule is CCCN(CCC)C(=O)CN1CC(C)NC(C)C1.Cl. The van der Waals surface area contributed by atoms with E-state index >= 15 is 0 Å². The zero-order valence-corrected chi connectivity index (χ0v) is 13.6. The summed E-state index contributed by atoms with van der Waals surface area (Å²) < 4.78 is 0. The first-order valence-corrected chi connectivity index (χ1v) is 7.33. The second-order valence-corrected chi connectivity index (χ2v) is 5.54. The van der Waals surface area contributed by atoms with Crippen LogP contribution in [0.5, 0.6) is 0 Å². The van der Waals surface area contributed by atoms with Crippen molar-refractivity contribution in [3.8, 4) is 0 Å². The molecule has 2 atom stereocenters. The lowest BCUT2D eigenvalue weighted by Gasteiger charge is -2.36. The average molecular weight is 292 g/mol. The fourth-order valence-electron chi connectivity index (χ4n) is 2.76. The summed E-state index contributed by atoms with van der Waals surface area (Å²) in [5.74, 6) is 0.292. The molecule has 0 aromatic rings. The molecule has 114 valence electrons. The van der Waals surface area contributed by atoms with Crippen molar-refractivity contribution >= 4 is 18.3 Å². The number of rotatable bonds is 6. The first-order valence-electron chi connectivity index (χ1n) is 7.33. The Morgan fingerprint density at radius 3 is 2.05 bits per heavy atom. The summed E-state index contributed by atoms with van der Waals surface area (Å²) in [6.07, 6.45) is 2.08. The zero-order chi connectivity index (χ0) is 13.5. The number of amides is 1. The summed E-state index contributed by atoms with van der Waals surface area (Å²) in [5.41, 5.74) is 0. The Bertz CT molecular complexity index is 247. The van der Waals surface area contributed by atoms with Crippen LogP contribution in [0.2, 0.25) is 0 Å². The second-order valence-electron chi connectivity index (χ2n) is 5.54. The Balaban J connectivity index is 0.00000324. The molecule has 0 bridgehead atoms. The molecule has 0 aromatic carbocycles. The molecule has 1 aliphatic rings. The van der Waals surface area contributed by atoms with E-state index in [-0.39, 0.29) is 12.4 Å². The Morgan fingerprint density at radius 1 is 1.16 bits per heavy atom. The van der Waals surface area contributed by atoms with E-state index in [1.54, 1.807) is 0 Å². The Hall–Kier alpha value is -0.320. The number of nitrogens with zero attached hydrogens (tertiary/aromatic N) is 2. The third-order valence-electron chi connectivity index (χ3n) is 3.33. The molecule has 0 saturated carbocycles. The summed E-state index contributed by atoms with van der Waals surface area (Å²) in [5, 5.41) is 3.50. The van der Waals surface area contributed by atoms with Gasteiger partial charge in [-0.05, 0) is 26.7 Å². The third kappa shape index (κ3) is 6.59. The molecule has 0 spiro atoms. The van der Waals surface area contributed by atoms with E-state index in [1.165, 1.54) is 0 Å². The first-order chi connectivity index (χ1) is 8.56. The van der Waals surface area contributed by atoms with E-state index in [1.807, 2.05) is 4.90 Å². The van der Waals surface area contributed by atoms with Gasteiger partial charge < -0.3 is 10.2 Å². The smallest absolute Gasteiger partial charge is 0.236 e. The molecular formula is C14H30ClN3O. The average Bonchev–Trinajstić information content (AvgIpc) is 2.27. The van der Waals surface area contributed by atoms with E-state index < -0.39 is 0 Å². The second kappa shape index (κ2) is 9.56. The van der Waals surface area contributed by atoms with Crippen LogP contribution in [-0.4, -0.2) is 60.5 Å². The van der Waals surface area contributed by atoms with E-state index in [4.69, 9.17) is 0 Å². The molecule has 0 aromatic heterocycles. The van der Waals surface area contributed by atoms with E-state index in [9.17, 15) is 4.79 Å². The molecule has 4 nitrogen and oxygen atoms in total. The number of carbonyl (C=O) groups is 1. The van der Waals surface area contributed by atoms with Crippen molar-refractivity contribution in [1.29, 1.82) is 0 Å². The minimum atomic E-state index is 0. The van der Waals surface area contributed by atoms with Gasteiger partial charge in [0.05, 0.1) is 6.54 Å². The van der Waals surface area contributed by atoms with Crippen molar-refractivity contribution in [2.75, 3.05) is 32.7 Å². The quantitative estimate of drug-likeness (QED) is 0.810. The number of hydrogen-bond acceptors (Lipinski definition) is 3. The van der Waals surface area contributed by atoms with Crippen LogP contribution in [0.1, 0.15) is 40.5 Å². The highest BCUT2D eigenvalue weighted by atomic mass is 35.5. The van der Waals surface area contributed by atoms with Crippen LogP contribution in [-0.2, 0) is 4.79 Å². The molecule has 1 amide bonds. The van der Waals surface area contributed by atoms with Gasteiger partial charge in [0.2, 0.25) is 5.91 Å². The molecule has 1 N–H and O–H groups in total. The fraction of sp³-hybridized carbons (Fsp3) is 0.929. The predicted molar refractivity (Wildman–Crippen MR) is 82.9 cm³/mol. The molecule has 0 radical (unpaired) electrons. The molecule has 2 unspecified atom stereocenters. The van der Waals surface area contributed by atoms with Crippen LogP contribution in [0.3, 0.4) is 0 Å². The molecule has 1 rings (SSSR count). The van der Waals surface area contributed by atoms with Crippen LogP contribution in [0, 0.1) is 0 Å². The highest BCUT2D eigenvalue weighted by Crippen LogP contribution is 2.05. The normalized spacial score (nSPS) is 23.8. The topological polar surface area (TPSA) is 35.6 Å². The zero-order valence-electron chi connectivity index (χ0n) is 12.8. The third-order valence-corrected chi connectivity index (χ3v) is 3.33. The molecule has 1 heterocycles. The van der Waals surface area contributed by atoms with Gasteiger partial charge in [-0.3, -0.25) is 9.69 Å². The lowest BCUT2D eigenvalue weighted by atomic mass is 10.1. The van der Waals surface area contributed by atoms with Crippen molar-refractivity contribution in [2.24, 2.45) is 0 Å². The monoisotopic (exact) mass is 291 g/mol. The first kappa shape index (κ1) is 18.7. The molecule has 0 aliphatic carbocycles. The molecule has 1 saturated heterocycles. The maximum Gasteiger partial charge on any atom is 0.236 e. The highest BCUT2D eigenvalue weighted by molar-refractivity contribution is 5.85. The Kier molecular flexibility index (Phi) is 9.40. The fourth-order valence-corrected chi connectivity index (χ4v) is 2.76. The van der Waals surface area contributed by atoms with E-state index in [0.29, 0.717) is 24.5 Å². The van der Waals surface area contributed by atoms with E-state index in [2.05, 4.69) is 37.9 Å². The Morgan fingerprint density at radius 2 is 1.63 bits per heavy atom. The van der Waals surface area contributed by atoms with Gasteiger partial charge in [-0.2, -0.15) is 0 Å². The number of hydrogen-bond donors (Lipinski definition) is 1. The summed E-state index contributed by atoms with van der Waals surface area (Å²) in [7, 11) is 0. The summed E-state index contributed by atoms with van der Waals surface area (Å²) in [4.78, 5) is 16.6. The lowest BCUT2D eigenvalue weighted by molar-refractivity contribution is -0.132. The lowest BCUT2D eigenvalue weighted by Crippen LogP contribution is -2.56. The van der Waals surface area contributed by atoms with Crippen molar-refractivity contribution < 1.29 is 4.79 Å². The predicted octanol–water partition coefficient (Wildman–Crippen LogP) is 1.74. The summed E-state index contributed by atoms with van der Waals surface area (Å²) in [6, 6.07) is 0.958. The molecule has 5 heteroatoms. The van der Waals surface area contributed by atoms with Crippen molar-refractivity contribution in [1.82, 2.24) is 15.1 Å². The van der Waals surface area contributed by atoms with Crippen LogP contribution in [0.25, 0.3) is 0 Å². The Labute approximate surface area is 124 Å². The van der Waals surface area contributed by atoms with Gasteiger partial charge in [0, 0.05) is 38.3 Å². The van der Waals surface area contributed by atoms with Gasteiger partial charge in [0.15, 0.2) is 0 Å². The van der Waals surface area contributed by atoms with Gasteiger partial charge >= 0.3 is 0 Å². The molecular weight excluding hydrogens is 262 g/mol. The summed E-state index contributed by atoms with van der Waals surface area (Å²) in [6.45, 7) is 12.9. The molecule has 1 aliphatic heterocycles. The minimum absolute atomic E-state index is 0. The van der Waals surface area contributed by atoms with Crippen molar-refractivity contribution in [3.63, 3.8) is 0 Å². The van der Waals surface area contributed by atoms with Crippen LogP contribution >= 0.6 is 12.4 Å². The van der Waals surface area contributed by atoms with Gasteiger partial charge in [-0.15, -0.1) is 12.4 Å². The maximum atomic E-state index is 12.3. The highest BCUT2D eigenvalue weighted by Gasteiger charge is 2.24. The van der Waals surface area contributed by atoms with Crippen molar-refractivity contribution in [3.05, 3.63) is 0 Å². The minimum Gasteiger partial charge on any atom is -0.342 e. The van der Waals surface area contributed by atoms with E-state index in [0.717, 1.165) is 39.0 Å². The van der Waals surface area contributed by atoms with Gasteiger partial charge in [0.1, 0.15) is 0 Å². The van der Waals surface area contributed by atoms with Crippen LogP contribution in [0.15, 0.2) is 0 Å².